The quantitative estimate of drug-likeness (QED) is 0.790. The molecule has 128 valence electrons. The molecule has 0 saturated heterocycles. The summed E-state index contributed by atoms with van der Waals surface area (Å²) in [6, 6.07) is 8.12. The topological polar surface area (TPSA) is 50.4 Å². The second kappa shape index (κ2) is 8.23. The van der Waals surface area contributed by atoms with Crippen LogP contribution in [0.4, 0.5) is 4.79 Å². The third kappa shape index (κ3) is 5.15. The third-order valence-corrected chi connectivity index (χ3v) is 4.61. The molecule has 3 atom stereocenters. The van der Waals surface area contributed by atoms with E-state index in [-0.39, 0.29) is 18.3 Å². The summed E-state index contributed by atoms with van der Waals surface area (Å²) in [5.41, 5.74) is 1.16. The number of urea groups is 1. The first-order valence-corrected chi connectivity index (χ1v) is 8.80. The van der Waals surface area contributed by atoms with Gasteiger partial charge in [0.25, 0.3) is 0 Å². The van der Waals surface area contributed by atoms with Crippen LogP contribution in [0.25, 0.3) is 0 Å². The number of para-hydroxylation sites is 1. The second-order valence-electron chi connectivity index (χ2n) is 6.94. The van der Waals surface area contributed by atoms with E-state index in [4.69, 9.17) is 4.74 Å². The smallest absolute Gasteiger partial charge is 0.317 e. The van der Waals surface area contributed by atoms with Gasteiger partial charge in [0, 0.05) is 6.04 Å². The van der Waals surface area contributed by atoms with Crippen LogP contribution in [-0.2, 0) is 0 Å². The Balaban J connectivity index is 1.87. The van der Waals surface area contributed by atoms with Gasteiger partial charge in [-0.05, 0) is 43.2 Å². The Bertz CT molecular complexity index is 516. The van der Waals surface area contributed by atoms with Crippen LogP contribution in [0.1, 0.15) is 64.9 Å². The molecule has 0 aromatic heterocycles. The highest BCUT2D eigenvalue weighted by Crippen LogP contribution is 2.26. The molecule has 2 amide bonds. The summed E-state index contributed by atoms with van der Waals surface area (Å²) in [5.74, 6) is 1.77. The maximum absolute atomic E-state index is 12.2. The Morgan fingerprint density at radius 2 is 1.87 bits per heavy atom. The van der Waals surface area contributed by atoms with Crippen molar-refractivity contribution in [1.29, 1.82) is 0 Å². The molecule has 0 bridgehead atoms. The number of benzene rings is 1. The normalized spacial score (nSPS) is 22.5. The monoisotopic (exact) mass is 318 g/mol. The number of nitrogens with one attached hydrogen (secondary N) is 2. The van der Waals surface area contributed by atoms with E-state index < -0.39 is 0 Å². The lowest BCUT2D eigenvalue weighted by Crippen LogP contribution is -2.49. The van der Waals surface area contributed by atoms with Gasteiger partial charge in [-0.3, -0.25) is 0 Å². The molecule has 4 nitrogen and oxygen atoms in total. The van der Waals surface area contributed by atoms with Crippen molar-refractivity contribution in [2.75, 3.05) is 0 Å². The van der Waals surface area contributed by atoms with Crippen LogP contribution in [0.15, 0.2) is 24.3 Å². The van der Waals surface area contributed by atoms with Crippen LogP contribution in [-0.4, -0.2) is 18.3 Å². The zero-order valence-corrected chi connectivity index (χ0v) is 14.8. The lowest BCUT2D eigenvalue weighted by atomic mass is 9.86. The molecule has 3 unspecified atom stereocenters. The van der Waals surface area contributed by atoms with Gasteiger partial charge < -0.3 is 15.4 Å². The van der Waals surface area contributed by atoms with Gasteiger partial charge in [-0.1, -0.05) is 51.8 Å². The summed E-state index contributed by atoms with van der Waals surface area (Å²) in [6.07, 6.45) is 4.36. The zero-order valence-electron chi connectivity index (χ0n) is 14.8. The minimum atomic E-state index is -0.367. The highest BCUT2D eigenvalue weighted by Gasteiger charge is 2.23. The van der Waals surface area contributed by atoms with E-state index in [2.05, 4.69) is 37.5 Å². The number of hydrogen-bond acceptors (Lipinski definition) is 2. The molecule has 1 aromatic carbocycles. The first kappa shape index (κ1) is 17.6. The summed E-state index contributed by atoms with van der Waals surface area (Å²) in [4.78, 5) is 12.2. The lowest BCUT2D eigenvalue weighted by Gasteiger charge is -2.30. The number of carbonyl (C=O) groups excluding carboxylic acids is 1. The van der Waals surface area contributed by atoms with Gasteiger partial charge in [0.1, 0.15) is 5.75 Å². The maximum atomic E-state index is 12.2. The molecular weight excluding hydrogens is 288 g/mol. The van der Waals surface area contributed by atoms with Gasteiger partial charge in [0.2, 0.25) is 0 Å². The summed E-state index contributed by atoms with van der Waals surface area (Å²) in [7, 11) is 0. The SMILES string of the molecule is CC(NC(=O)NC1CCCCC1C)Oc1ccccc1C(C)C. The average molecular weight is 318 g/mol. The molecule has 0 radical (unpaired) electrons. The van der Waals surface area contributed by atoms with Crippen LogP contribution >= 0.6 is 0 Å². The summed E-state index contributed by atoms with van der Waals surface area (Å²) in [5, 5.41) is 5.98. The summed E-state index contributed by atoms with van der Waals surface area (Å²) in [6.45, 7) is 8.35. The number of amides is 2. The van der Waals surface area contributed by atoms with Crippen molar-refractivity contribution in [1.82, 2.24) is 10.6 Å². The Labute approximate surface area is 140 Å². The third-order valence-electron chi connectivity index (χ3n) is 4.61. The van der Waals surface area contributed by atoms with Gasteiger partial charge in [0.15, 0.2) is 6.23 Å². The molecule has 0 aliphatic heterocycles. The fourth-order valence-corrected chi connectivity index (χ4v) is 3.21. The van der Waals surface area contributed by atoms with Crippen molar-refractivity contribution in [2.24, 2.45) is 5.92 Å². The molecule has 23 heavy (non-hydrogen) atoms. The number of rotatable bonds is 5. The van der Waals surface area contributed by atoms with Crippen LogP contribution < -0.4 is 15.4 Å². The van der Waals surface area contributed by atoms with Crippen molar-refractivity contribution in [3.05, 3.63) is 29.8 Å². The van der Waals surface area contributed by atoms with Crippen LogP contribution in [0.2, 0.25) is 0 Å². The van der Waals surface area contributed by atoms with Crippen molar-refractivity contribution < 1.29 is 9.53 Å². The van der Waals surface area contributed by atoms with Gasteiger partial charge in [0.05, 0.1) is 0 Å². The minimum absolute atomic E-state index is 0.140. The largest absolute Gasteiger partial charge is 0.471 e. The van der Waals surface area contributed by atoms with E-state index in [1.165, 1.54) is 19.3 Å². The van der Waals surface area contributed by atoms with Crippen LogP contribution in [0, 0.1) is 5.92 Å². The highest BCUT2D eigenvalue weighted by molar-refractivity contribution is 5.74. The van der Waals surface area contributed by atoms with E-state index in [1.807, 2.05) is 25.1 Å². The molecule has 0 heterocycles. The zero-order chi connectivity index (χ0) is 16.8. The van der Waals surface area contributed by atoms with Crippen LogP contribution in [0.5, 0.6) is 5.75 Å². The van der Waals surface area contributed by atoms with Crippen molar-refractivity contribution in [2.45, 2.75) is 71.6 Å². The van der Waals surface area contributed by atoms with Crippen LogP contribution in [0.3, 0.4) is 0 Å². The molecule has 1 aliphatic carbocycles. The standard InChI is InChI=1S/C19H30N2O2/c1-13(2)16-10-6-8-12-18(16)23-15(4)20-19(22)21-17-11-7-5-9-14(17)3/h6,8,10,12-15,17H,5,7,9,11H2,1-4H3,(H2,20,21,22). The van der Waals surface area contributed by atoms with E-state index in [0.29, 0.717) is 11.8 Å². The van der Waals surface area contributed by atoms with E-state index in [0.717, 1.165) is 17.7 Å². The summed E-state index contributed by atoms with van der Waals surface area (Å²) >= 11 is 0. The number of carbonyl (C=O) groups is 1. The van der Waals surface area contributed by atoms with E-state index >= 15 is 0 Å². The molecule has 1 fully saturated rings. The molecule has 2 N–H and O–H groups in total. The Kier molecular flexibility index (Phi) is 6.31. The first-order valence-electron chi connectivity index (χ1n) is 8.80. The predicted octanol–water partition coefficient (Wildman–Crippen LogP) is 4.41. The van der Waals surface area contributed by atoms with E-state index in [1.54, 1.807) is 0 Å². The fourth-order valence-electron chi connectivity index (χ4n) is 3.21. The highest BCUT2D eigenvalue weighted by atomic mass is 16.5. The molecular formula is C19H30N2O2. The van der Waals surface area contributed by atoms with E-state index in [9.17, 15) is 4.79 Å². The lowest BCUT2D eigenvalue weighted by molar-refractivity contribution is 0.169. The summed E-state index contributed by atoms with van der Waals surface area (Å²) < 4.78 is 5.92. The van der Waals surface area contributed by atoms with Gasteiger partial charge in [-0.25, -0.2) is 4.79 Å². The first-order chi connectivity index (χ1) is 11.0. The molecule has 0 spiro atoms. The second-order valence-corrected chi connectivity index (χ2v) is 6.94. The van der Waals surface area contributed by atoms with Gasteiger partial charge in [-0.2, -0.15) is 0 Å². The molecule has 2 rings (SSSR count). The van der Waals surface area contributed by atoms with Crippen molar-refractivity contribution in [3.63, 3.8) is 0 Å². The molecule has 1 aromatic rings. The average Bonchev–Trinajstić information content (AvgIpc) is 2.49. The number of hydrogen-bond donors (Lipinski definition) is 2. The van der Waals surface area contributed by atoms with Gasteiger partial charge in [-0.15, -0.1) is 0 Å². The maximum Gasteiger partial charge on any atom is 0.317 e. The number of ether oxygens (including phenoxy) is 1. The molecule has 1 aliphatic rings. The molecule has 4 heteroatoms. The predicted molar refractivity (Wildman–Crippen MR) is 93.7 cm³/mol. The Morgan fingerprint density at radius 3 is 2.57 bits per heavy atom. The van der Waals surface area contributed by atoms with Crippen molar-refractivity contribution in [3.8, 4) is 5.75 Å². The fraction of sp³-hybridized carbons (Fsp3) is 0.632. The van der Waals surface area contributed by atoms with Gasteiger partial charge >= 0.3 is 6.03 Å². The Morgan fingerprint density at radius 1 is 1.17 bits per heavy atom. The minimum Gasteiger partial charge on any atom is -0.471 e. The molecule has 1 saturated carbocycles. The Hall–Kier alpha value is -1.71. The van der Waals surface area contributed by atoms with Crippen molar-refractivity contribution >= 4 is 6.03 Å².